The number of nitrogens with zero attached hydrogens (tertiary/aromatic N) is 3. The van der Waals surface area contributed by atoms with Crippen LogP contribution in [-0.2, 0) is 0 Å². The van der Waals surface area contributed by atoms with Crippen LogP contribution >= 0.6 is 11.6 Å². The first kappa shape index (κ1) is 15.6. The van der Waals surface area contributed by atoms with Crippen LogP contribution in [0, 0.1) is 0 Å². The molecule has 5 nitrogen and oxygen atoms in total. The number of aliphatic hydroxyl groups is 1. The van der Waals surface area contributed by atoms with Crippen molar-refractivity contribution in [2.75, 3.05) is 31.1 Å². The number of hydrogen-bond acceptors (Lipinski definition) is 4. The quantitative estimate of drug-likeness (QED) is 0.907. The molecule has 0 radical (unpaired) electrons. The molecule has 2 aliphatic rings. The Kier molecular flexibility index (Phi) is 4.28. The van der Waals surface area contributed by atoms with E-state index in [1.165, 1.54) is 6.42 Å². The predicted molar refractivity (Wildman–Crippen MR) is 86.5 cm³/mol. The van der Waals surface area contributed by atoms with Gasteiger partial charge in [-0.2, -0.15) is 0 Å². The smallest absolute Gasteiger partial charge is 0.255 e. The summed E-state index contributed by atoms with van der Waals surface area (Å²) in [5.74, 6) is 0.656. The molecule has 120 valence electrons. The highest BCUT2D eigenvalue weighted by molar-refractivity contribution is 6.33. The molecule has 2 fully saturated rings. The summed E-state index contributed by atoms with van der Waals surface area (Å²) in [5.41, 5.74) is -0.158. The Morgan fingerprint density at radius 1 is 1.32 bits per heavy atom. The van der Waals surface area contributed by atoms with Gasteiger partial charge in [0.05, 0.1) is 16.2 Å². The average Bonchev–Trinajstić information content (AvgIpc) is 2.87. The van der Waals surface area contributed by atoms with Crippen molar-refractivity contribution in [1.29, 1.82) is 0 Å². The number of rotatable bonds is 2. The van der Waals surface area contributed by atoms with E-state index in [9.17, 15) is 9.90 Å². The minimum atomic E-state index is -0.701. The third-order valence-electron chi connectivity index (χ3n) is 4.46. The highest BCUT2D eigenvalue weighted by atomic mass is 35.5. The number of β-amino-alcohol motifs (C(OH)–C–C–N with tert-alkyl or cyclic N) is 1. The van der Waals surface area contributed by atoms with Gasteiger partial charge in [0, 0.05) is 32.4 Å². The van der Waals surface area contributed by atoms with E-state index < -0.39 is 5.60 Å². The number of carbonyl (C=O) groups excluding carboxylic acids is 1. The SMILES string of the molecule is CC1(O)CCN(c2ncc(C(=O)N3CCCCC3)cc2Cl)C1. The molecule has 0 bridgehead atoms. The maximum Gasteiger partial charge on any atom is 0.255 e. The van der Waals surface area contributed by atoms with Crippen molar-refractivity contribution in [1.82, 2.24) is 9.88 Å². The van der Waals surface area contributed by atoms with Crippen molar-refractivity contribution in [3.63, 3.8) is 0 Å². The summed E-state index contributed by atoms with van der Waals surface area (Å²) in [6, 6.07) is 1.70. The zero-order valence-corrected chi connectivity index (χ0v) is 13.6. The van der Waals surface area contributed by atoms with Gasteiger partial charge in [0.2, 0.25) is 0 Å². The van der Waals surface area contributed by atoms with E-state index in [1.54, 1.807) is 12.3 Å². The molecule has 0 saturated carbocycles. The van der Waals surface area contributed by atoms with E-state index in [4.69, 9.17) is 11.6 Å². The number of amides is 1. The fourth-order valence-corrected chi connectivity index (χ4v) is 3.47. The number of piperidine rings is 1. The fourth-order valence-electron chi connectivity index (χ4n) is 3.19. The summed E-state index contributed by atoms with van der Waals surface area (Å²) in [7, 11) is 0. The Bertz CT molecular complexity index is 571. The Morgan fingerprint density at radius 2 is 2.05 bits per heavy atom. The molecule has 3 rings (SSSR count). The Labute approximate surface area is 135 Å². The molecule has 1 amide bonds. The standard InChI is InChI=1S/C16H22ClN3O2/c1-16(22)5-8-20(11-16)14-13(17)9-12(10-18-14)15(21)19-6-3-2-4-7-19/h9-10,22H,2-8,11H2,1H3. The molecule has 0 aromatic carbocycles. The molecular formula is C16H22ClN3O2. The van der Waals surface area contributed by atoms with Crippen molar-refractivity contribution < 1.29 is 9.90 Å². The van der Waals surface area contributed by atoms with E-state index in [0.717, 1.165) is 32.5 Å². The minimum absolute atomic E-state index is 0.00840. The number of anilines is 1. The van der Waals surface area contributed by atoms with Crippen molar-refractivity contribution in [3.05, 3.63) is 22.8 Å². The fraction of sp³-hybridized carbons (Fsp3) is 0.625. The first-order valence-electron chi connectivity index (χ1n) is 7.88. The van der Waals surface area contributed by atoms with Gasteiger partial charge in [-0.25, -0.2) is 4.98 Å². The molecule has 1 unspecified atom stereocenters. The lowest BCUT2D eigenvalue weighted by Crippen LogP contribution is -2.35. The number of carbonyl (C=O) groups is 1. The molecule has 6 heteroatoms. The van der Waals surface area contributed by atoms with E-state index >= 15 is 0 Å². The van der Waals surface area contributed by atoms with Gasteiger partial charge in [0.25, 0.3) is 5.91 Å². The van der Waals surface area contributed by atoms with Crippen LogP contribution in [0.3, 0.4) is 0 Å². The first-order chi connectivity index (χ1) is 10.5. The van der Waals surface area contributed by atoms with E-state index in [-0.39, 0.29) is 5.91 Å². The largest absolute Gasteiger partial charge is 0.388 e. The number of pyridine rings is 1. The van der Waals surface area contributed by atoms with Crippen LogP contribution in [0.2, 0.25) is 5.02 Å². The lowest BCUT2D eigenvalue weighted by molar-refractivity contribution is 0.0723. The highest BCUT2D eigenvalue weighted by Gasteiger charge is 2.33. The second kappa shape index (κ2) is 6.05. The van der Waals surface area contributed by atoms with Crippen LogP contribution in [0.4, 0.5) is 5.82 Å². The van der Waals surface area contributed by atoms with Crippen LogP contribution < -0.4 is 4.90 Å². The van der Waals surface area contributed by atoms with Gasteiger partial charge < -0.3 is 14.9 Å². The van der Waals surface area contributed by atoms with Crippen molar-refractivity contribution in [2.24, 2.45) is 0 Å². The summed E-state index contributed by atoms with van der Waals surface area (Å²) in [4.78, 5) is 20.7. The van der Waals surface area contributed by atoms with Crippen LogP contribution in [0.5, 0.6) is 0 Å². The van der Waals surface area contributed by atoms with Gasteiger partial charge >= 0.3 is 0 Å². The first-order valence-corrected chi connectivity index (χ1v) is 8.26. The Morgan fingerprint density at radius 3 is 2.64 bits per heavy atom. The van der Waals surface area contributed by atoms with Gasteiger partial charge in [-0.1, -0.05) is 11.6 Å². The van der Waals surface area contributed by atoms with Gasteiger partial charge in [0.1, 0.15) is 5.82 Å². The van der Waals surface area contributed by atoms with Crippen molar-refractivity contribution in [3.8, 4) is 0 Å². The van der Waals surface area contributed by atoms with Gasteiger partial charge in [0.15, 0.2) is 0 Å². The van der Waals surface area contributed by atoms with Crippen LogP contribution in [0.1, 0.15) is 43.0 Å². The second-order valence-electron chi connectivity index (χ2n) is 6.55. The summed E-state index contributed by atoms with van der Waals surface area (Å²) in [6.45, 7) is 4.67. The Hall–Kier alpha value is -1.33. The number of hydrogen-bond donors (Lipinski definition) is 1. The van der Waals surface area contributed by atoms with E-state index in [0.29, 0.717) is 29.4 Å². The molecule has 3 heterocycles. The number of halogens is 1. The maximum atomic E-state index is 12.5. The topological polar surface area (TPSA) is 56.7 Å². The van der Waals surface area contributed by atoms with Crippen LogP contribution in [-0.4, -0.2) is 52.7 Å². The third-order valence-corrected chi connectivity index (χ3v) is 4.74. The molecule has 0 aliphatic carbocycles. The molecule has 22 heavy (non-hydrogen) atoms. The summed E-state index contributed by atoms with van der Waals surface area (Å²) >= 11 is 6.33. The molecule has 2 aliphatic heterocycles. The van der Waals surface area contributed by atoms with Gasteiger partial charge in [-0.3, -0.25) is 4.79 Å². The van der Waals surface area contributed by atoms with E-state index in [1.807, 2.05) is 16.7 Å². The molecule has 1 aromatic rings. The van der Waals surface area contributed by atoms with Crippen molar-refractivity contribution >= 4 is 23.3 Å². The molecule has 0 spiro atoms. The predicted octanol–water partition coefficient (Wildman–Crippen LogP) is 2.32. The third kappa shape index (κ3) is 3.20. The number of likely N-dealkylation sites (tertiary alicyclic amines) is 1. The molecule has 2 saturated heterocycles. The second-order valence-corrected chi connectivity index (χ2v) is 6.96. The van der Waals surface area contributed by atoms with Crippen molar-refractivity contribution in [2.45, 2.75) is 38.2 Å². The average molecular weight is 324 g/mol. The van der Waals surface area contributed by atoms with Crippen LogP contribution in [0.15, 0.2) is 12.3 Å². The van der Waals surface area contributed by atoms with E-state index in [2.05, 4.69) is 4.98 Å². The number of aromatic nitrogens is 1. The summed E-state index contributed by atoms with van der Waals surface area (Å²) < 4.78 is 0. The summed E-state index contributed by atoms with van der Waals surface area (Å²) in [5, 5.41) is 10.5. The monoisotopic (exact) mass is 323 g/mol. The maximum absolute atomic E-state index is 12.5. The molecule has 1 N–H and O–H groups in total. The zero-order chi connectivity index (χ0) is 15.7. The summed E-state index contributed by atoms with van der Waals surface area (Å²) in [6.07, 6.45) is 5.61. The molecular weight excluding hydrogens is 302 g/mol. The zero-order valence-electron chi connectivity index (χ0n) is 12.9. The molecule has 1 atom stereocenters. The van der Waals surface area contributed by atoms with Gasteiger partial charge in [-0.15, -0.1) is 0 Å². The lowest BCUT2D eigenvalue weighted by atomic mass is 10.1. The Balaban J connectivity index is 1.76. The minimum Gasteiger partial charge on any atom is -0.388 e. The van der Waals surface area contributed by atoms with Gasteiger partial charge in [-0.05, 0) is 38.7 Å². The lowest BCUT2D eigenvalue weighted by Gasteiger charge is -2.27. The normalized spacial score (nSPS) is 25.6. The van der Waals surface area contributed by atoms with Crippen LogP contribution in [0.25, 0.3) is 0 Å². The molecule has 1 aromatic heterocycles. The highest BCUT2D eigenvalue weighted by Crippen LogP contribution is 2.31.